The third-order valence-corrected chi connectivity index (χ3v) is 6.38. The van der Waals surface area contributed by atoms with Gasteiger partial charge in [0, 0.05) is 22.8 Å². The molecular formula is C18H18ClN3O2S2. The number of hydrogen-bond donors (Lipinski definition) is 0. The Balaban J connectivity index is 1.72. The van der Waals surface area contributed by atoms with Crippen LogP contribution in [0, 0.1) is 6.92 Å². The highest BCUT2D eigenvalue weighted by Crippen LogP contribution is 2.25. The van der Waals surface area contributed by atoms with Gasteiger partial charge >= 0.3 is 0 Å². The lowest BCUT2D eigenvalue weighted by molar-refractivity contribution is 0.0937. The van der Waals surface area contributed by atoms with Gasteiger partial charge in [0.2, 0.25) is 0 Å². The molecule has 0 spiro atoms. The number of hydrogen-bond acceptors (Lipinski definition) is 6. The van der Waals surface area contributed by atoms with Gasteiger partial charge in [-0.25, -0.2) is 9.97 Å². The monoisotopic (exact) mass is 407 g/mol. The van der Waals surface area contributed by atoms with Crippen LogP contribution in [0.4, 0.5) is 0 Å². The first-order valence-corrected chi connectivity index (χ1v) is 10.7. The van der Waals surface area contributed by atoms with Crippen LogP contribution in [0.3, 0.4) is 0 Å². The average Bonchev–Trinajstić information content (AvgIpc) is 3.27. The Bertz CT molecular complexity index is 996. The highest BCUT2D eigenvalue weighted by molar-refractivity contribution is 7.98. The van der Waals surface area contributed by atoms with Gasteiger partial charge in [-0.2, -0.15) is 0 Å². The fourth-order valence-corrected chi connectivity index (χ4v) is 4.84. The largest absolute Gasteiger partial charge is 0.376 e. The number of aryl methyl sites for hydroxylation is 1. The van der Waals surface area contributed by atoms with Gasteiger partial charge in [-0.1, -0.05) is 23.4 Å². The lowest BCUT2D eigenvalue weighted by Gasteiger charge is -2.16. The van der Waals surface area contributed by atoms with Crippen LogP contribution >= 0.6 is 34.7 Å². The number of aromatic nitrogens is 3. The van der Waals surface area contributed by atoms with Crippen molar-refractivity contribution in [3.63, 3.8) is 0 Å². The van der Waals surface area contributed by atoms with E-state index in [2.05, 4.69) is 4.98 Å². The molecule has 0 radical (unpaired) electrons. The zero-order valence-electron chi connectivity index (χ0n) is 14.3. The second-order valence-electron chi connectivity index (χ2n) is 6.25. The fraction of sp³-hybridized carbons (Fsp3) is 0.389. The molecule has 1 saturated heterocycles. The van der Waals surface area contributed by atoms with Crippen molar-refractivity contribution in [3.8, 4) is 0 Å². The highest BCUT2D eigenvalue weighted by atomic mass is 35.5. The molecule has 0 aliphatic carbocycles. The minimum Gasteiger partial charge on any atom is -0.376 e. The Labute approximate surface area is 164 Å². The smallest absolute Gasteiger partial charge is 0.262 e. The van der Waals surface area contributed by atoms with Crippen LogP contribution in [0.1, 0.15) is 23.5 Å². The SMILES string of the molecule is Cc1nc(CSc2nc3cc(Cl)ccc3c(=O)n2CC2CCCO2)cs1. The predicted octanol–water partition coefficient (Wildman–Crippen LogP) is 4.29. The maximum absolute atomic E-state index is 13.1. The molecule has 136 valence electrons. The molecule has 0 saturated carbocycles. The quantitative estimate of drug-likeness (QED) is 0.466. The molecule has 3 aromatic rings. The Morgan fingerprint density at radius 3 is 3.04 bits per heavy atom. The lowest BCUT2D eigenvalue weighted by Crippen LogP contribution is -2.28. The third-order valence-electron chi connectivity index (χ3n) is 4.31. The lowest BCUT2D eigenvalue weighted by atomic mass is 10.2. The summed E-state index contributed by atoms with van der Waals surface area (Å²) in [5.41, 5.74) is 1.59. The van der Waals surface area contributed by atoms with Gasteiger partial charge in [0.15, 0.2) is 5.16 Å². The van der Waals surface area contributed by atoms with Crippen LogP contribution in [0.2, 0.25) is 5.02 Å². The van der Waals surface area contributed by atoms with Crippen LogP contribution in [-0.2, 0) is 17.0 Å². The molecule has 1 aliphatic rings. The summed E-state index contributed by atoms with van der Waals surface area (Å²) in [5.74, 6) is 0.675. The van der Waals surface area contributed by atoms with E-state index >= 15 is 0 Å². The number of rotatable bonds is 5. The molecule has 4 rings (SSSR count). The molecule has 0 amide bonds. The molecule has 2 aromatic heterocycles. The summed E-state index contributed by atoms with van der Waals surface area (Å²) >= 11 is 9.25. The summed E-state index contributed by atoms with van der Waals surface area (Å²) in [7, 11) is 0. The van der Waals surface area contributed by atoms with E-state index in [0.717, 1.165) is 30.2 Å². The zero-order valence-corrected chi connectivity index (χ0v) is 16.7. The number of thioether (sulfide) groups is 1. The Kier molecular flexibility index (Phi) is 5.31. The minimum absolute atomic E-state index is 0.0425. The van der Waals surface area contributed by atoms with Gasteiger partial charge in [0.25, 0.3) is 5.56 Å². The second kappa shape index (κ2) is 7.68. The number of benzene rings is 1. The molecule has 1 atom stereocenters. The molecule has 26 heavy (non-hydrogen) atoms. The van der Waals surface area contributed by atoms with E-state index in [0.29, 0.717) is 33.4 Å². The summed E-state index contributed by atoms with van der Waals surface area (Å²) in [5, 5.41) is 4.93. The average molecular weight is 408 g/mol. The van der Waals surface area contributed by atoms with E-state index in [-0.39, 0.29) is 11.7 Å². The molecule has 1 fully saturated rings. The molecule has 0 N–H and O–H groups in total. The van der Waals surface area contributed by atoms with E-state index in [1.807, 2.05) is 12.3 Å². The maximum Gasteiger partial charge on any atom is 0.262 e. The van der Waals surface area contributed by atoms with Crippen molar-refractivity contribution >= 4 is 45.6 Å². The number of fused-ring (bicyclic) bond motifs is 1. The van der Waals surface area contributed by atoms with Crippen molar-refractivity contribution in [2.75, 3.05) is 6.61 Å². The van der Waals surface area contributed by atoms with Gasteiger partial charge < -0.3 is 4.74 Å². The first-order valence-electron chi connectivity index (χ1n) is 8.45. The van der Waals surface area contributed by atoms with Crippen molar-refractivity contribution < 1.29 is 4.74 Å². The van der Waals surface area contributed by atoms with Crippen LogP contribution in [0.5, 0.6) is 0 Å². The summed E-state index contributed by atoms with van der Waals surface area (Å²) in [6.07, 6.45) is 2.08. The van der Waals surface area contributed by atoms with Gasteiger partial charge in [0.05, 0.1) is 34.3 Å². The van der Waals surface area contributed by atoms with Crippen LogP contribution in [0.15, 0.2) is 33.5 Å². The summed E-state index contributed by atoms with van der Waals surface area (Å²) in [6.45, 7) is 3.28. The Morgan fingerprint density at radius 2 is 2.31 bits per heavy atom. The van der Waals surface area contributed by atoms with E-state index in [1.54, 1.807) is 34.1 Å². The van der Waals surface area contributed by atoms with E-state index in [9.17, 15) is 4.79 Å². The molecular weight excluding hydrogens is 390 g/mol. The first kappa shape index (κ1) is 18.0. The molecule has 1 aliphatic heterocycles. The van der Waals surface area contributed by atoms with Crippen molar-refractivity contribution in [2.45, 2.75) is 43.3 Å². The van der Waals surface area contributed by atoms with Crippen LogP contribution in [0.25, 0.3) is 10.9 Å². The van der Waals surface area contributed by atoms with E-state index < -0.39 is 0 Å². The zero-order chi connectivity index (χ0) is 18.1. The number of nitrogens with zero attached hydrogens (tertiary/aromatic N) is 3. The van der Waals surface area contributed by atoms with Crippen molar-refractivity contribution in [1.29, 1.82) is 0 Å². The minimum atomic E-state index is -0.0425. The van der Waals surface area contributed by atoms with Crippen LogP contribution < -0.4 is 5.56 Å². The van der Waals surface area contributed by atoms with E-state index in [4.69, 9.17) is 21.3 Å². The molecule has 1 unspecified atom stereocenters. The summed E-state index contributed by atoms with van der Waals surface area (Å²) in [4.78, 5) is 22.3. The third kappa shape index (κ3) is 3.81. The highest BCUT2D eigenvalue weighted by Gasteiger charge is 2.20. The van der Waals surface area contributed by atoms with Gasteiger partial charge in [-0.15, -0.1) is 11.3 Å². The maximum atomic E-state index is 13.1. The van der Waals surface area contributed by atoms with Crippen molar-refractivity contribution in [2.24, 2.45) is 0 Å². The van der Waals surface area contributed by atoms with Crippen LogP contribution in [-0.4, -0.2) is 27.2 Å². The molecule has 8 heteroatoms. The van der Waals surface area contributed by atoms with Crippen molar-refractivity contribution in [3.05, 3.63) is 49.7 Å². The number of ether oxygens (including phenoxy) is 1. The normalized spacial score (nSPS) is 17.2. The van der Waals surface area contributed by atoms with Gasteiger partial charge in [-0.3, -0.25) is 9.36 Å². The molecule has 3 heterocycles. The fourth-order valence-electron chi connectivity index (χ4n) is 3.05. The standard InChI is InChI=1S/C18H18ClN3O2S2/c1-11-20-13(9-25-11)10-26-18-21-16-7-12(19)4-5-15(16)17(23)22(18)8-14-3-2-6-24-14/h4-5,7,9,14H,2-3,6,8,10H2,1H3. The van der Waals surface area contributed by atoms with Gasteiger partial charge in [0.1, 0.15) is 0 Å². The second-order valence-corrected chi connectivity index (χ2v) is 8.69. The molecule has 1 aromatic carbocycles. The van der Waals surface area contributed by atoms with Gasteiger partial charge in [-0.05, 0) is 38.0 Å². The molecule has 0 bridgehead atoms. The predicted molar refractivity (Wildman–Crippen MR) is 106 cm³/mol. The Hall–Kier alpha value is -1.41. The number of thiazole rings is 1. The topological polar surface area (TPSA) is 57.0 Å². The van der Waals surface area contributed by atoms with E-state index in [1.165, 1.54) is 11.8 Å². The molecule has 5 nitrogen and oxygen atoms in total. The first-order chi connectivity index (χ1) is 12.6. The Morgan fingerprint density at radius 1 is 1.42 bits per heavy atom. The number of halogens is 1. The summed E-state index contributed by atoms with van der Waals surface area (Å²) in [6, 6.07) is 5.22. The summed E-state index contributed by atoms with van der Waals surface area (Å²) < 4.78 is 7.48. The van der Waals surface area contributed by atoms with Crippen molar-refractivity contribution in [1.82, 2.24) is 14.5 Å².